The number of carboxylic acid groups (broad SMARTS) is 1. The summed E-state index contributed by atoms with van der Waals surface area (Å²) in [4.78, 5) is 39.3. The second-order valence-corrected chi connectivity index (χ2v) is 38.3. The fraction of sp³-hybridized carbons (Fsp3) is 0.630. The number of nitrogens with one attached hydrogen (secondary N) is 3. The highest BCUT2D eigenvalue weighted by atomic mass is 33.1. The molecule has 2 aliphatic heterocycles. The van der Waals surface area contributed by atoms with Crippen LogP contribution in [0.2, 0.25) is 0 Å². The van der Waals surface area contributed by atoms with Gasteiger partial charge in [-0.05, 0) is 273 Å². The summed E-state index contributed by atoms with van der Waals surface area (Å²) in [7, 11) is 12.4. The quantitative estimate of drug-likeness (QED) is 0.0141. The molecule has 2 saturated heterocycles. The molecule has 0 amide bonds. The molecule has 0 aliphatic carbocycles. The minimum Gasteiger partial charge on any atom is -0.480 e. The lowest BCUT2D eigenvalue weighted by Crippen LogP contribution is -2.44. The van der Waals surface area contributed by atoms with Crippen LogP contribution in [-0.2, 0) is 38.4 Å². The Balaban J connectivity index is -0.000000458. The van der Waals surface area contributed by atoms with Gasteiger partial charge < -0.3 is 185 Å². The summed E-state index contributed by atoms with van der Waals surface area (Å²) < 4.78 is 17.4. The molecule has 136 heavy (non-hydrogen) atoms. The van der Waals surface area contributed by atoms with E-state index in [0.29, 0.717) is 90.9 Å². The van der Waals surface area contributed by atoms with Crippen LogP contribution < -0.4 is 131 Å². The van der Waals surface area contributed by atoms with Crippen molar-refractivity contribution in [3.8, 4) is 0 Å². The molecular formula is C92H188N32O6S6. The van der Waals surface area contributed by atoms with E-state index < -0.39 is 12.0 Å². The molecule has 9 rings (SSSR count). The Hall–Kier alpha value is -5.76. The Morgan fingerprint density at radius 1 is 0.500 bits per heavy atom. The lowest BCUT2D eigenvalue weighted by atomic mass is 9.95. The number of hydrogen-bond donors (Lipinski definition) is 27. The summed E-state index contributed by atoms with van der Waals surface area (Å²) in [6.07, 6.45) is 25.5. The van der Waals surface area contributed by atoms with Crippen molar-refractivity contribution in [2.24, 2.45) is 115 Å². The van der Waals surface area contributed by atoms with Crippen LogP contribution in [0.3, 0.4) is 0 Å². The number of carboxylic acids is 1. The number of likely N-dealkylation sites (tertiary alicyclic amines) is 1. The first-order valence-electron chi connectivity index (χ1n) is 47.1. The van der Waals surface area contributed by atoms with Crippen LogP contribution >= 0.6 is 64.8 Å². The number of rotatable bonds is 51. The van der Waals surface area contributed by atoms with Gasteiger partial charge in [-0.25, -0.2) is 15.0 Å². The molecule has 2 fully saturated rings. The number of aliphatic hydroxyl groups excluding tert-OH is 1. The number of hydrogen-bond acceptors (Lipinski definition) is 40. The number of aromatic amines is 2. The number of aliphatic carboxylic acids is 1. The molecule has 3 atom stereocenters. The minimum atomic E-state index is -1.00. The third-order valence-corrected chi connectivity index (χ3v) is 25.5. The van der Waals surface area contributed by atoms with Crippen molar-refractivity contribution in [3.05, 3.63) is 152 Å². The van der Waals surface area contributed by atoms with Gasteiger partial charge in [-0.1, -0.05) is 117 Å². The van der Waals surface area contributed by atoms with Crippen molar-refractivity contribution < 1.29 is 29.2 Å². The standard InChI is InChI=1S/2C12H12N2S2.C8H19N3.C8H20N2O3.C7H16N2.C6H9N3O2.C6H11N3.C6H16N2.C5H9N3.C5H14N2O.2C5H14N2.C4H12N2S2.C3H10N2/c13-9-1-5-11(6-2-9)15-16-12-7-3-10(14)4-8-12;13-9-5-1-3-7-11(9)15-16-12-8-4-2-6-10(12)14;1-10-5-7-11(8-6-10)4-2-3-9;9-1-3-11-5-7-13-8-6-12-4-2-10;8-4-3-7-9-5-1-2-6-9;7-5(6(10)11)1-4-2-8-3-9-4;7-2-1-4-9-5-3-8-6-9;1-6(5-8)3-2-4-7;6-2-1-5-3-7-4-8-5;6-2-1-3-7-4-5-8;1-5(2,3-6)4-7;1-2-5(7)3-4-6;5-1-3-7-8-4-2-6;4-2-1-3-5/h2*1-8H,13-14H2;2-9H2,1H3;1-10H2;1-8H2;2-3,5H,1,7H2,(H,8,9)(H,10,11);3,5-6H,1-2,4,7H2;6H,2-5,7-8H2,1H3;3-4H,1-2,6H2,(H,7,8);7-8H,1-6H2;3-4,6-7H2,1-2H3;5H,2-4,6-7H2,1H3;1-6H2;1-5H2/t;;;;;5-;;;;;;;;/m.....1......../s1. The van der Waals surface area contributed by atoms with Crippen LogP contribution in [0.4, 0.5) is 22.7 Å². The number of ether oxygens (including phenoxy) is 3. The SMILES string of the molecule is CC(C)(CN)CN.CC(CN)CCCN.CCC(N)CCN.CN1CCN(CCCN)CC1.NCCCN.NCCCN1CCCC1.NCCCNCCO.NCCCn1ccnc1.NCCOCCOCCOCCN.NCCSSCCN.NCCc1cnc[nH]1.N[C@H](Cc1cnc[nH]1)C(=O)O.Nc1ccc(SSc2ccc(N)cc2)cc1.Nc1ccccc1SSc1ccccc1N. The number of para-hydroxylation sites is 2. The zero-order valence-corrected chi connectivity index (χ0v) is 87.9. The zero-order valence-electron chi connectivity index (χ0n) is 83.0. The molecule has 0 saturated carbocycles. The van der Waals surface area contributed by atoms with Crippen molar-refractivity contribution in [2.75, 3.05) is 258 Å². The maximum Gasteiger partial charge on any atom is 0.320 e. The van der Waals surface area contributed by atoms with Gasteiger partial charge in [0.05, 0.1) is 65.2 Å². The monoisotopic (exact) mass is 2030 g/mol. The van der Waals surface area contributed by atoms with Gasteiger partial charge in [0.15, 0.2) is 0 Å². The van der Waals surface area contributed by atoms with Crippen LogP contribution in [0, 0.1) is 11.3 Å². The highest BCUT2D eigenvalue weighted by molar-refractivity contribution is 8.77. The van der Waals surface area contributed by atoms with Crippen molar-refractivity contribution in [3.63, 3.8) is 0 Å². The maximum absolute atomic E-state index is 10.3. The maximum atomic E-state index is 10.3. The first kappa shape index (κ1) is 139. The number of nitrogen functional groups attached to an aromatic ring is 4. The predicted molar refractivity (Wildman–Crippen MR) is 589 cm³/mol. The molecule has 2 aliphatic rings. The fourth-order valence-corrected chi connectivity index (χ4v) is 15.5. The van der Waals surface area contributed by atoms with Crippen LogP contribution in [0.5, 0.6) is 0 Å². The number of H-pyrrole nitrogens is 2. The number of likely N-dealkylation sites (N-methyl/N-ethyl adjacent to an activating group) is 1. The number of aromatic nitrogens is 6. The summed E-state index contributed by atoms with van der Waals surface area (Å²) in [5.41, 5.74) is 123. The number of anilines is 4. The summed E-state index contributed by atoms with van der Waals surface area (Å²) >= 11 is 0. The third kappa shape index (κ3) is 97.1. The van der Waals surface area contributed by atoms with E-state index in [0.717, 1.165) is 192 Å². The van der Waals surface area contributed by atoms with Gasteiger partial charge in [0.1, 0.15) is 6.04 Å². The van der Waals surface area contributed by atoms with Gasteiger partial charge in [0, 0.05) is 174 Å². The lowest BCUT2D eigenvalue weighted by Gasteiger charge is -2.32. The number of piperazine rings is 1. The Morgan fingerprint density at radius 2 is 0.941 bits per heavy atom. The molecule has 3 aromatic heterocycles. The zero-order chi connectivity index (χ0) is 102. The molecule has 0 bridgehead atoms. The van der Waals surface area contributed by atoms with Gasteiger partial charge >= 0.3 is 5.97 Å². The summed E-state index contributed by atoms with van der Waals surface area (Å²) in [6, 6.07) is 30.8. The van der Waals surface area contributed by atoms with E-state index in [1.807, 2.05) is 122 Å². The summed E-state index contributed by atoms with van der Waals surface area (Å²) in [6.45, 7) is 36.1. The number of carbonyl (C=O) groups is 1. The molecule has 0 radical (unpaired) electrons. The van der Waals surface area contributed by atoms with E-state index in [1.165, 1.54) is 94.2 Å². The van der Waals surface area contributed by atoms with E-state index in [2.05, 4.69) is 65.8 Å². The number of nitrogens with zero attached hydrogens (tertiary/aromatic N) is 7. The van der Waals surface area contributed by atoms with Gasteiger partial charge in [0.25, 0.3) is 0 Å². The van der Waals surface area contributed by atoms with E-state index in [9.17, 15) is 4.79 Å². The molecular weight excluding hydrogens is 1840 g/mol. The molecule has 38 nitrogen and oxygen atoms in total. The molecule has 788 valence electrons. The van der Waals surface area contributed by atoms with Crippen LogP contribution in [0.1, 0.15) is 110 Å². The van der Waals surface area contributed by atoms with Crippen LogP contribution in [0.25, 0.3) is 0 Å². The van der Waals surface area contributed by atoms with Gasteiger partial charge in [-0.2, -0.15) is 0 Å². The second kappa shape index (κ2) is 107. The van der Waals surface area contributed by atoms with E-state index in [1.54, 1.807) is 96.0 Å². The molecule has 5 heterocycles. The molecule has 0 spiro atoms. The third-order valence-electron chi connectivity index (χ3n) is 18.1. The first-order valence-corrected chi connectivity index (χ1v) is 53.9. The molecule has 44 heteroatoms. The van der Waals surface area contributed by atoms with Crippen molar-refractivity contribution in [2.45, 2.75) is 149 Å². The Morgan fingerprint density at radius 3 is 1.29 bits per heavy atom. The minimum absolute atomic E-state index is 0.139. The number of aryl methyl sites for hydroxylation is 1. The number of benzene rings is 4. The fourth-order valence-electron chi connectivity index (χ4n) is 9.60. The largest absolute Gasteiger partial charge is 0.480 e. The van der Waals surface area contributed by atoms with Gasteiger partial charge in [-0.3, -0.25) is 4.79 Å². The smallest absolute Gasteiger partial charge is 0.320 e. The Labute approximate surface area is 840 Å². The topological polar surface area (TPSA) is 755 Å². The van der Waals surface area contributed by atoms with Crippen molar-refractivity contribution >= 4 is 93.5 Å². The van der Waals surface area contributed by atoms with Crippen LogP contribution in [0.15, 0.2) is 160 Å². The van der Waals surface area contributed by atoms with Crippen molar-refractivity contribution in [1.29, 1.82) is 0 Å². The van der Waals surface area contributed by atoms with Crippen LogP contribution in [-0.4, -0.2) is 307 Å². The molecule has 7 aromatic rings. The first-order chi connectivity index (χ1) is 65.7. The molecule has 4 aromatic carbocycles. The Kier molecular flexibility index (Phi) is 109. The lowest BCUT2D eigenvalue weighted by molar-refractivity contribution is -0.138. The highest BCUT2D eigenvalue weighted by Crippen LogP contribution is 2.42. The van der Waals surface area contributed by atoms with E-state index in [4.69, 9.17) is 151 Å². The Bertz CT molecular complexity index is 3340. The molecule has 49 N–H and O–H groups in total. The number of nitrogens with two attached hydrogens (primary N) is 22. The van der Waals surface area contributed by atoms with Gasteiger partial charge in [0.2, 0.25) is 0 Å². The summed E-state index contributed by atoms with van der Waals surface area (Å²) in [5.74, 6) is 1.72. The van der Waals surface area contributed by atoms with E-state index in [-0.39, 0.29) is 18.4 Å². The molecule has 2 unspecified atom stereocenters. The van der Waals surface area contributed by atoms with Crippen molar-refractivity contribution in [1.82, 2.24) is 49.5 Å². The number of aliphatic hydroxyl groups is 1. The predicted octanol–water partition coefficient (Wildman–Crippen LogP) is 4.59. The summed E-state index contributed by atoms with van der Waals surface area (Å²) in [5, 5.41) is 19.7. The van der Waals surface area contributed by atoms with Gasteiger partial charge in [-0.15, -0.1) is 0 Å². The average molecular weight is 2030 g/mol. The second-order valence-electron chi connectivity index (χ2n) is 31.1. The number of imidazole rings is 3. The van der Waals surface area contributed by atoms with E-state index >= 15 is 0 Å². The average Bonchev–Trinajstić information content (AvgIpc) is 1.21. The highest BCUT2D eigenvalue weighted by Gasteiger charge is 2.15. The normalized spacial score (nSPS) is 12.5.